The van der Waals surface area contributed by atoms with Gasteiger partial charge in [-0.2, -0.15) is 0 Å². The molecule has 0 fully saturated rings. The standard InChI is InChI=1S/C20H25N3O/c1-13(2)11-16-5-7-17(8-6-16)15(4)20-22-19(23-24-20)18-9-10-21-12-14(18)3/h5-10,12-13,15,20H,11H2,1-4H3,(H,22,23). The number of aliphatic imine (C=N–C) groups is 1. The van der Waals surface area contributed by atoms with E-state index in [-0.39, 0.29) is 12.1 Å². The highest BCUT2D eigenvalue weighted by atomic mass is 16.7. The summed E-state index contributed by atoms with van der Waals surface area (Å²) >= 11 is 0. The fourth-order valence-corrected chi connectivity index (χ4v) is 2.97. The van der Waals surface area contributed by atoms with Crippen molar-refractivity contribution in [3.05, 3.63) is 65.0 Å². The molecule has 2 heterocycles. The van der Waals surface area contributed by atoms with Gasteiger partial charge in [0.05, 0.1) is 0 Å². The number of benzene rings is 1. The number of nitrogens with one attached hydrogen (secondary N) is 1. The van der Waals surface area contributed by atoms with Gasteiger partial charge in [0.15, 0.2) is 12.1 Å². The Bertz CT molecular complexity index is 722. The van der Waals surface area contributed by atoms with Gasteiger partial charge in [-0.15, -0.1) is 0 Å². The summed E-state index contributed by atoms with van der Waals surface area (Å²) < 4.78 is 0. The second-order valence-corrected chi connectivity index (χ2v) is 6.91. The van der Waals surface area contributed by atoms with Crippen molar-refractivity contribution in [2.75, 3.05) is 0 Å². The zero-order chi connectivity index (χ0) is 17.1. The van der Waals surface area contributed by atoms with Crippen LogP contribution < -0.4 is 5.48 Å². The molecule has 0 bridgehead atoms. The first-order valence-electron chi connectivity index (χ1n) is 8.54. The Morgan fingerprint density at radius 2 is 1.88 bits per heavy atom. The highest BCUT2D eigenvalue weighted by Crippen LogP contribution is 2.26. The molecule has 1 aromatic carbocycles. The molecule has 0 amide bonds. The lowest BCUT2D eigenvalue weighted by atomic mass is 9.96. The van der Waals surface area contributed by atoms with E-state index in [1.807, 2.05) is 19.2 Å². The minimum atomic E-state index is -0.219. The van der Waals surface area contributed by atoms with Gasteiger partial charge in [0.25, 0.3) is 0 Å². The van der Waals surface area contributed by atoms with E-state index >= 15 is 0 Å². The van der Waals surface area contributed by atoms with Crippen molar-refractivity contribution < 1.29 is 4.84 Å². The Kier molecular flexibility index (Phi) is 4.95. The van der Waals surface area contributed by atoms with Crippen LogP contribution in [0.15, 0.2) is 47.7 Å². The van der Waals surface area contributed by atoms with Crippen LogP contribution in [0.5, 0.6) is 0 Å². The van der Waals surface area contributed by atoms with E-state index < -0.39 is 0 Å². The molecule has 1 aliphatic heterocycles. The Morgan fingerprint density at radius 3 is 2.54 bits per heavy atom. The third-order valence-corrected chi connectivity index (χ3v) is 4.39. The number of hydrogen-bond acceptors (Lipinski definition) is 4. The van der Waals surface area contributed by atoms with Gasteiger partial charge >= 0.3 is 0 Å². The van der Waals surface area contributed by atoms with Crippen LogP contribution in [0.1, 0.15) is 48.9 Å². The second kappa shape index (κ2) is 7.14. The summed E-state index contributed by atoms with van der Waals surface area (Å²) in [6, 6.07) is 10.8. The van der Waals surface area contributed by atoms with Crippen molar-refractivity contribution in [1.29, 1.82) is 0 Å². The van der Waals surface area contributed by atoms with E-state index in [9.17, 15) is 0 Å². The Balaban J connectivity index is 1.74. The van der Waals surface area contributed by atoms with Crippen molar-refractivity contribution in [3.8, 4) is 0 Å². The van der Waals surface area contributed by atoms with E-state index in [0.29, 0.717) is 5.92 Å². The van der Waals surface area contributed by atoms with Gasteiger partial charge in [-0.25, -0.2) is 15.3 Å². The van der Waals surface area contributed by atoms with Gasteiger partial charge in [-0.05, 0) is 42.0 Å². The van der Waals surface area contributed by atoms with Gasteiger partial charge in [-0.3, -0.25) is 4.98 Å². The molecule has 3 rings (SSSR count). The van der Waals surface area contributed by atoms with Crippen molar-refractivity contribution in [3.63, 3.8) is 0 Å². The summed E-state index contributed by atoms with van der Waals surface area (Å²) in [7, 11) is 0. The van der Waals surface area contributed by atoms with E-state index in [4.69, 9.17) is 9.83 Å². The van der Waals surface area contributed by atoms with Crippen molar-refractivity contribution in [2.45, 2.75) is 46.3 Å². The third kappa shape index (κ3) is 3.65. The van der Waals surface area contributed by atoms with Crippen molar-refractivity contribution in [1.82, 2.24) is 10.5 Å². The molecule has 0 spiro atoms. The van der Waals surface area contributed by atoms with Gasteiger partial charge in [0.2, 0.25) is 0 Å². The largest absolute Gasteiger partial charge is 0.264 e. The lowest BCUT2D eigenvalue weighted by Gasteiger charge is -2.16. The van der Waals surface area contributed by atoms with Crippen LogP contribution in [-0.2, 0) is 11.3 Å². The molecule has 4 heteroatoms. The SMILES string of the molecule is Cc1cnccc1C1=NC(C(C)c2ccc(CC(C)C)cc2)ON1. The van der Waals surface area contributed by atoms with Crippen LogP contribution in [0.2, 0.25) is 0 Å². The van der Waals surface area contributed by atoms with Crippen LogP contribution in [0.4, 0.5) is 0 Å². The highest BCUT2D eigenvalue weighted by Gasteiger charge is 2.26. The maximum atomic E-state index is 5.71. The summed E-state index contributed by atoms with van der Waals surface area (Å²) in [6.07, 6.45) is 4.50. The number of rotatable bonds is 5. The first-order valence-corrected chi connectivity index (χ1v) is 8.54. The number of pyridine rings is 1. The molecule has 0 aliphatic carbocycles. The summed E-state index contributed by atoms with van der Waals surface area (Å²) in [5, 5.41) is 0. The predicted molar refractivity (Wildman–Crippen MR) is 96.9 cm³/mol. The van der Waals surface area contributed by atoms with Crippen LogP contribution in [0, 0.1) is 12.8 Å². The average molecular weight is 323 g/mol. The van der Waals surface area contributed by atoms with Crippen molar-refractivity contribution >= 4 is 5.84 Å². The first kappa shape index (κ1) is 16.7. The number of aromatic nitrogens is 1. The molecular formula is C20H25N3O. The molecule has 2 aromatic rings. The van der Waals surface area contributed by atoms with Crippen LogP contribution in [-0.4, -0.2) is 17.0 Å². The molecule has 1 aromatic heterocycles. The number of hydroxylamine groups is 1. The minimum Gasteiger partial charge on any atom is -0.264 e. The van der Waals surface area contributed by atoms with E-state index in [1.54, 1.807) is 6.20 Å². The Morgan fingerprint density at radius 1 is 1.12 bits per heavy atom. The zero-order valence-corrected chi connectivity index (χ0v) is 14.8. The van der Waals surface area contributed by atoms with Gasteiger partial charge in [0, 0.05) is 23.9 Å². The summed E-state index contributed by atoms with van der Waals surface area (Å²) in [6.45, 7) is 8.66. The molecule has 0 radical (unpaired) electrons. The molecule has 126 valence electrons. The maximum Gasteiger partial charge on any atom is 0.183 e. The zero-order valence-electron chi connectivity index (χ0n) is 14.8. The smallest absolute Gasteiger partial charge is 0.183 e. The summed E-state index contributed by atoms with van der Waals surface area (Å²) in [4.78, 5) is 14.6. The summed E-state index contributed by atoms with van der Waals surface area (Å²) in [5.74, 6) is 1.64. The molecule has 24 heavy (non-hydrogen) atoms. The fraction of sp³-hybridized carbons (Fsp3) is 0.400. The van der Waals surface area contributed by atoms with Crippen LogP contribution in [0.3, 0.4) is 0 Å². The number of nitrogens with zero attached hydrogens (tertiary/aromatic N) is 2. The lowest BCUT2D eigenvalue weighted by Crippen LogP contribution is -2.22. The average Bonchev–Trinajstić information content (AvgIpc) is 3.04. The molecule has 1 N–H and O–H groups in total. The van der Waals surface area contributed by atoms with E-state index in [1.165, 1.54) is 11.1 Å². The monoisotopic (exact) mass is 323 g/mol. The Hall–Kier alpha value is -2.20. The maximum absolute atomic E-state index is 5.71. The van der Waals surface area contributed by atoms with Gasteiger partial charge in [0.1, 0.15) is 0 Å². The van der Waals surface area contributed by atoms with Crippen LogP contribution in [0.25, 0.3) is 0 Å². The molecule has 4 nitrogen and oxygen atoms in total. The topological polar surface area (TPSA) is 46.5 Å². The van der Waals surface area contributed by atoms with Crippen molar-refractivity contribution in [2.24, 2.45) is 10.9 Å². The molecular weight excluding hydrogens is 298 g/mol. The van der Waals surface area contributed by atoms with Crippen LogP contribution >= 0.6 is 0 Å². The highest BCUT2D eigenvalue weighted by molar-refractivity contribution is 5.99. The first-order chi connectivity index (χ1) is 11.5. The van der Waals surface area contributed by atoms with Gasteiger partial charge in [-0.1, -0.05) is 45.0 Å². The third-order valence-electron chi connectivity index (χ3n) is 4.39. The lowest BCUT2D eigenvalue weighted by molar-refractivity contribution is 0.0246. The van der Waals surface area contributed by atoms with E-state index in [0.717, 1.165) is 23.4 Å². The van der Waals surface area contributed by atoms with E-state index in [2.05, 4.69) is 55.5 Å². The fourth-order valence-electron chi connectivity index (χ4n) is 2.97. The Labute approximate surface area is 143 Å². The molecule has 2 atom stereocenters. The molecule has 1 aliphatic rings. The van der Waals surface area contributed by atoms with Gasteiger partial charge < -0.3 is 0 Å². The normalized spacial score (nSPS) is 18.4. The quantitative estimate of drug-likeness (QED) is 0.904. The summed E-state index contributed by atoms with van der Waals surface area (Å²) in [5.41, 5.74) is 7.71. The minimum absolute atomic E-state index is 0.185. The second-order valence-electron chi connectivity index (χ2n) is 6.91. The predicted octanol–water partition coefficient (Wildman–Crippen LogP) is 4.00. The number of amidine groups is 1. The molecule has 2 unspecified atom stereocenters. The number of aryl methyl sites for hydroxylation is 1. The number of hydrogen-bond donors (Lipinski definition) is 1. The molecule has 0 saturated carbocycles. The molecule has 0 saturated heterocycles.